The summed E-state index contributed by atoms with van der Waals surface area (Å²) in [5.74, 6) is 0. The number of benzene rings is 2. The summed E-state index contributed by atoms with van der Waals surface area (Å²) in [5, 5.41) is 14.3. The summed E-state index contributed by atoms with van der Waals surface area (Å²) < 4.78 is 0. The van der Waals surface area contributed by atoms with Gasteiger partial charge in [-0.05, 0) is 56.0 Å². The van der Waals surface area contributed by atoms with E-state index in [-0.39, 0.29) is 10.6 Å². The fraction of sp³-hybridized carbons (Fsp3) is 0.294. The van der Waals surface area contributed by atoms with E-state index in [4.69, 9.17) is 0 Å². The minimum Gasteiger partial charge on any atom is -0.375 e. The first-order valence-electron chi connectivity index (χ1n) is 6.94. The highest BCUT2D eigenvalue weighted by Crippen LogP contribution is 2.26. The zero-order valence-electron chi connectivity index (χ0n) is 12.9. The quantitative estimate of drug-likeness (QED) is 0.667. The van der Waals surface area contributed by atoms with Crippen molar-refractivity contribution >= 4 is 11.4 Å². The average molecular weight is 284 g/mol. The number of aryl methyl sites for hydroxylation is 4. The molecule has 0 aliphatic carbocycles. The molecule has 0 aromatic heterocycles. The molecule has 0 spiro atoms. The van der Waals surface area contributed by atoms with Crippen molar-refractivity contribution in [3.8, 4) is 0 Å². The number of nitro benzene ring substituents is 1. The smallest absolute Gasteiger partial charge is 0.292 e. The second-order valence-corrected chi connectivity index (χ2v) is 5.51. The van der Waals surface area contributed by atoms with E-state index >= 15 is 0 Å². The van der Waals surface area contributed by atoms with Crippen molar-refractivity contribution in [3.05, 3.63) is 68.3 Å². The number of nitro groups is 1. The highest BCUT2D eigenvalue weighted by molar-refractivity contribution is 5.62. The molecule has 0 aliphatic heterocycles. The van der Waals surface area contributed by atoms with Crippen LogP contribution >= 0.6 is 0 Å². The highest BCUT2D eigenvalue weighted by Gasteiger charge is 2.14. The molecule has 0 fully saturated rings. The van der Waals surface area contributed by atoms with Gasteiger partial charge in [0.2, 0.25) is 0 Å². The third-order valence-corrected chi connectivity index (χ3v) is 3.65. The molecule has 0 radical (unpaired) electrons. The molecular formula is C17H20N2O2. The van der Waals surface area contributed by atoms with Crippen LogP contribution in [0.2, 0.25) is 0 Å². The van der Waals surface area contributed by atoms with Gasteiger partial charge in [0.25, 0.3) is 5.69 Å². The van der Waals surface area contributed by atoms with Crippen LogP contribution in [0.25, 0.3) is 0 Å². The lowest BCUT2D eigenvalue weighted by Gasteiger charge is -2.13. The average Bonchev–Trinajstić information content (AvgIpc) is 2.38. The largest absolute Gasteiger partial charge is 0.375 e. The van der Waals surface area contributed by atoms with Gasteiger partial charge in [0, 0.05) is 12.6 Å². The molecule has 4 heteroatoms. The van der Waals surface area contributed by atoms with Crippen molar-refractivity contribution in [3.63, 3.8) is 0 Å². The van der Waals surface area contributed by atoms with E-state index < -0.39 is 0 Å². The van der Waals surface area contributed by atoms with Gasteiger partial charge in [-0.2, -0.15) is 0 Å². The molecule has 2 aromatic carbocycles. The van der Waals surface area contributed by atoms with Crippen LogP contribution in [0.1, 0.15) is 27.8 Å². The van der Waals surface area contributed by atoms with Crippen molar-refractivity contribution < 1.29 is 4.92 Å². The first-order chi connectivity index (χ1) is 9.88. The number of hydrogen-bond donors (Lipinski definition) is 1. The molecule has 2 aromatic rings. The summed E-state index contributed by atoms with van der Waals surface area (Å²) in [6.07, 6.45) is 0. The highest BCUT2D eigenvalue weighted by atomic mass is 16.6. The topological polar surface area (TPSA) is 55.2 Å². The maximum absolute atomic E-state index is 11.1. The first-order valence-corrected chi connectivity index (χ1v) is 6.94. The first kappa shape index (κ1) is 15.0. The van der Waals surface area contributed by atoms with Gasteiger partial charge in [-0.3, -0.25) is 10.1 Å². The number of nitrogens with zero attached hydrogens (tertiary/aromatic N) is 1. The van der Waals surface area contributed by atoms with Gasteiger partial charge in [-0.25, -0.2) is 0 Å². The summed E-state index contributed by atoms with van der Waals surface area (Å²) in [4.78, 5) is 10.8. The van der Waals surface area contributed by atoms with E-state index in [1.165, 1.54) is 22.3 Å². The lowest BCUT2D eigenvalue weighted by Crippen LogP contribution is -2.06. The molecular weight excluding hydrogens is 264 g/mol. The van der Waals surface area contributed by atoms with Crippen LogP contribution in [-0.4, -0.2) is 4.92 Å². The van der Waals surface area contributed by atoms with E-state index in [0.717, 1.165) is 5.56 Å². The van der Waals surface area contributed by atoms with Crippen molar-refractivity contribution in [1.82, 2.24) is 0 Å². The van der Waals surface area contributed by atoms with Crippen LogP contribution in [0, 0.1) is 37.8 Å². The molecule has 2 rings (SSSR count). The summed E-state index contributed by atoms with van der Waals surface area (Å²) in [7, 11) is 0. The molecule has 4 nitrogen and oxygen atoms in total. The SMILES string of the molecule is Cc1cc(C)c(CNc2ccc(C)cc2[N+](=O)[O-])c(C)c1. The Morgan fingerprint density at radius 3 is 2.19 bits per heavy atom. The number of hydrogen-bond acceptors (Lipinski definition) is 3. The second kappa shape index (κ2) is 5.95. The fourth-order valence-electron chi connectivity index (χ4n) is 2.61. The Hall–Kier alpha value is -2.36. The van der Waals surface area contributed by atoms with Gasteiger partial charge in [0.05, 0.1) is 4.92 Å². The molecule has 0 saturated heterocycles. The molecule has 1 N–H and O–H groups in total. The third-order valence-electron chi connectivity index (χ3n) is 3.65. The monoisotopic (exact) mass is 284 g/mol. The van der Waals surface area contributed by atoms with Crippen molar-refractivity contribution in [1.29, 1.82) is 0 Å². The Kier molecular flexibility index (Phi) is 4.26. The predicted molar refractivity (Wildman–Crippen MR) is 85.8 cm³/mol. The maximum Gasteiger partial charge on any atom is 0.292 e. The fourth-order valence-corrected chi connectivity index (χ4v) is 2.61. The zero-order chi connectivity index (χ0) is 15.6. The zero-order valence-corrected chi connectivity index (χ0v) is 12.9. The van der Waals surface area contributed by atoms with E-state index in [0.29, 0.717) is 12.2 Å². The summed E-state index contributed by atoms with van der Waals surface area (Å²) in [6.45, 7) is 8.65. The van der Waals surface area contributed by atoms with Gasteiger partial charge < -0.3 is 5.32 Å². The molecule has 0 saturated carbocycles. The Morgan fingerprint density at radius 1 is 1.00 bits per heavy atom. The minimum absolute atomic E-state index is 0.123. The lowest BCUT2D eigenvalue weighted by molar-refractivity contribution is -0.384. The summed E-state index contributed by atoms with van der Waals surface area (Å²) >= 11 is 0. The molecule has 0 heterocycles. The normalized spacial score (nSPS) is 10.5. The maximum atomic E-state index is 11.1. The Labute approximate surface area is 125 Å². The molecule has 0 atom stereocenters. The van der Waals surface area contributed by atoms with Crippen LogP contribution < -0.4 is 5.32 Å². The Morgan fingerprint density at radius 2 is 1.62 bits per heavy atom. The molecule has 21 heavy (non-hydrogen) atoms. The van der Waals surface area contributed by atoms with Gasteiger partial charge >= 0.3 is 0 Å². The van der Waals surface area contributed by atoms with Gasteiger partial charge in [0.1, 0.15) is 5.69 Å². The van der Waals surface area contributed by atoms with Gasteiger partial charge in [-0.15, -0.1) is 0 Å². The number of rotatable bonds is 4. The van der Waals surface area contributed by atoms with E-state index in [1.54, 1.807) is 12.1 Å². The molecule has 0 aliphatic rings. The van der Waals surface area contributed by atoms with Crippen molar-refractivity contribution in [2.24, 2.45) is 0 Å². The molecule has 110 valence electrons. The number of anilines is 1. The predicted octanol–water partition coefficient (Wildman–Crippen LogP) is 4.44. The van der Waals surface area contributed by atoms with Crippen molar-refractivity contribution in [2.45, 2.75) is 34.2 Å². The second-order valence-electron chi connectivity index (χ2n) is 5.51. The molecule has 0 amide bonds. The summed E-state index contributed by atoms with van der Waals surface area (Å²) in [6, 6.07) is 9.51. The van der Waals surface area contributed by atoms with E-state index in [2.05, 4.69) is 38.2 Å². The number of nitrogens with one attached hydrogen (secondary N) is 1. The third kappa shape index (κ3) is 3.40. The summed E-state index contributed by atoms with van der Waals surface area (Å²) in [5.41, 5.74) is 6.40. The van der Waals surface area contributed by atoms with E-state index in [1.807, 2.05) is 13.0 Å². The molecule has 0 bridgehead atoms. The van der Waals surface area contributed by atoms with Crippen LogP contribution in [0.3, 0.4) is 0 Å². The Balaban J connectivity index is 2.27. The van der Waals surface area contributed by atoms with Crippen LogP contribution in [0.15, 0.2) is 30.3 Å². The van der Waals surface area contributed by atoms with Crippen LogP contribution in [0.5, 0.6) is 0 Å². The minimum atomic E-state index is -0.343. The van der Waals surface area contributed by atoms with Crippen molar-refractivity contribution in [2.75, 3.05) is 5.32 Å². The molecule has 0 unspecified atom stereocenters. The lowest BCUT2D eigenvalue weighted by atomic mass is 10.00. The van der Waals surface area contributed by atoms with E-state index in [9.17, 15) is 10.1 Å². The van der Waals surface area contributed by atoms with Gasteiger partial charge in [-0.1, -0.05) is 23.8 Å². The van der Waals surface area contributed by atoms with Gasteiger partial charge in [0.15, 0.2) is 0 Å². The Bertz CT molecular complexity index is 670. The van der Waals surface area contributed by atoms with Crippen LogP contribution in [-0.2, 0) is 6.54 Å². The van der Waals surface area contributed by atoms with Crippen LogP contribution in [0.4, 0.5) is 11.4 Å². The standard InChI is InChI=1S/C17H20N2O2/c1-11-5-6-16(17(9-11)19(20)21)18-10-15-13(3)7-12(2)8-14(15)4/h5-9,18H,10H2,1-4H3.